The van der Waals surface area contributed by atoms with Crippen LogP contribution >= 0.6 is 46.1 Å². The molecule has 1 aromatic carbocycles. The molecule has 0 saturated heterocycles. The number of benzene rings is 1. The largest absolute Gasteiger partial charge is 0.457 e. The second kappa shape index (κ2) is 12.9. The van der Waals surface area contributed by atoms with Crippen molar-refractivity contribution in [1.29, 1.82) is 0 Å². The number of rotatable bonds is 11. The van der Waals surface area contributed by atoms with E-state index in [1.807, 2.05) is 50.2 Å². The Kier molecular flexibility index (Phi) is 10.6. The highest BCUT2D eigenvalue weighted by Gasteiger charge is 2.40. The maximum atomic E-state index is 12.4. The Bertz CT molecular complexity index is 931. The Morgan fingerprint density at radius 1 is 1.15 bits per heavy atom. The molecule has 5 unspecified atom stereocenters. The van der Waals surface area contributed by atoms with Gasteiger partial charge in [-0.05, 0) is 107 Å². The standard InChI is InChI=1S/C26H34Cl3NO3S/c1-16(15-30(2)3)33-26(32)25-10-8-20(34-25)5-4-6-21-22(24(31)14-23(21)29)9-7-17-11-18(27)13-19(28)12-17/h8,10-13,16,21-24,31H,4-7,9,14-15H2,1-3H3. The summed E-state index contributed by atoms with van der Waals surface area (Å²) in [6, 6.07) is 9.47. The SMILES string of the molecule is CC(CN(C)C)OC(=O)c1ccc(CCCC2C(Cl)CC(O)C2CCc2cc(Cl)cc(Cl)c2)s1. The minimum absolute atomic E-state index is 0.0185. The molecule has 0 amide bonds. The average molecular weight is 547 g/mol. The molecule has 2 aromatic rings. The summed E-state index contributed by atoms with van der Waals surface area (Å²) in [5, 5.41) is 11.9. The minimum Gasteiger partial charge on any atom is -0.457 e. The molecule has 1 aliphatic rings. The van der Waals surface area contributed by atoms with E-state index in [0.29, 0.717) is 27.9 Å². The van der Waals surface area contributed by atoms with Gasteiger partial charge in [0.1, 0.15) is 11.0 Å². The number of thiophene rings is 1. The van der Waals surface area contributed by atoms with E-state index < -0.39 is 0 Å². The molecule has 34 heavy (non-hydrogen) atoms. The quantitative estimate of drug-likeness (QED) is 0.251. The van der Waals surface area contributed by atoms with Gasteiger partial charge in [-0.3, -0.25) is 0 Å². The number of likely N-dealkylation sites (N-methyl/N-ethyl adjacent to an activating group) is 1. The van der Waals surface area contributed by atoms with Crippen molar-refractivity contribution >= 4 is 52.1 Å². The monoisotopic (exact) mass is 545 g/mol. The number of ether oxygens (including phenoxy) is 1. The molecule has 1 aliphatic carbocycles. The smallest absolute Gasteiger partial charge is 0.348 e. The van der Waals surface area contributed by atoms with Gasteiger partial charge in [0, 0.05) is 26.8 Å². The number of halogens is 3. The minimum atomic E-state index is -0.380. The number of hydrogen-bond acceptors (Lipinski definition) is 5. The van der Waals surface area contributed by atoms with Crippen LogP contribution in [0.1, 0.15) is 52.7 Å². The Morgan fingerprint density at radius 3 is 2.53 bits per heavy atom. The van der Waals surface area contributed by atoms with Gasteiger partial charge in [-0.15, -0.1) is 22.9 Å². The van der Waals surface area contributed by atoms with E-state index >= 15 is 0 Å². The molecule has 188 valence electrons. The van der Waals surface area contributed by atoms with Crippen molar-refractivity contribution in [1.82, 2.24) is 4.90 Å². The van der Waals surface area contributed by atoms with E-state index in [0.717, 1.165) is 37.7 Å². The van der Waals surface area contributed by atoms with Crippen LogP contribution in [0, 0.1) is 11.8 Å². The van der Waals surface area contributed by atoms with Crippen LogP contribution in [0.4, 0.5) is 0 Å². The molecule has 1 saturated carbocycles. The van der Waals surface area contributed by atoms with Gasteiger partial charge < -0.3 is 14.7 Å². The first-order valence-corrected chi connectivity index (χ1v) is 13.8. The number of aliphatic hydroxyl groups excluding tert-OH is 1. The van der Waals surface area contributed by atoms with E-state index in [2.05, 4.69) is 0 Å². The highest BCUT2D eigenvalue weighted by Crippen LogP contribution is 2.42. The summed E-state index contributed by atoms with van der Waals surface area (Å²) in [5.41, 5.74) is 1.08. The summed E-state index contributed by atoms with van der Waals surface area (Å²) in [6.45, 7) is 2.60. The Labute approximate surface area is 222 Å². The lowest BCUT2D eigenvalue weighted by Crippen LogP contribution is -2.27. The molecule has 5 atom stereocenters. The van der Waals surface area contributed by atoms with Gasteiger partial charge in [-0.25, -0.2) is 4.79 Å². The molecule has 8 heteroatoms. The summed E-state index contributed by atoms with van der Waals surface area (Å²) in [5.74, 6) is 0.168. The summed E-state index contributed by atoms with van der Waals surface area (Å²) in [6.07, 6.45) is 4.56. The van der Waals surface area contributed by atoms with Crippen molar-refractivity contribution in [2.45, 2.75) is 63.0 Å². The Hall–Kier alpha value is -0.820. The third kappa shape index (κ3) is 8.11. The van der Waals surface area contributed by atoms with Crippen molar-refractivity contribution in [2.24, 2.45) is 11.8 Å². The maximum Gasteiger partial charge on any atom is 0.348 e. The molecule has 1 heterocycles. The van der Waals surface area contributed by atoms with Gasteiger partial charge in [0.25, 0.3) is 0 Å². The van der Waals surface area contributed by atoms with Gasteiger partial charge in [-0.1, -0.05) is 23.2 Å². The zero-order chi connectivity index (χ0) is 24.8. The van der Waals surface area contributed by atoms with Crippen molar-refractivity contribution in [3.05, 3.63) is 55.7 Å². The fourth-order valence-electron chi connectivity index (χ4n) is 4.95. The number of hydrogen-bond donors (Lipinski definition) is 1. The number of carbonyl (C=O) groups excluding carboxylic acids is 1. The normalized spacial score (nSPS) is 23.4. The van der Waals surface area contributed by atoms with Crippen molar-refractivity contribution in [3.8, 4) is 0 Å². The third-order valence-corrected chi connectivity index (χ3v) is 8.48. The van der Waals surface area contributed by atoms with Crippen LogP contribution in [0.5, 0.6) is 0 Å². The van der Waals surface area contributed by atoms with E-state index in [1.54, 1.807) is 6.07 Å². The van der Waals surface area contributed by atoms with E-state index in [4.69, 9.17) is 39.5 Å². The Balaban J connectivity index is 1.50. The second-order valence-electron chi connectivity index (χ2n) is 9.60. The number of aryl methyl sites for hydroxylation is 2. The van der Waals surface area contributed by atoms with E-state index in [9.17, 15) is 9.90 Å². The van der Waals surface area contributed by atoms with Crippen LogP contribution in [0.3, 0.4) is 0 Å². The average Bonchev–Trinajstić information content (AvgIpc) is 3.30. The number of nitrogens with zero attached hydrogens (tertiary/aromatic N) is 1. The molecule has 1 N–H and O–H groups in total. The van der Waals surface area contributed by atoms with Gasteiger partial charge in [0.2, 0.25) is 0 Å². The predicted octanol–water partition coefficient (Wildman–Crippen LogP) is 6.72. The third-order valence-electron chi connectivity index (χ3n) is 6.42. The number of alkyl halides is 1. The lowest BCUT2D eigenvalue weighted by molar-refractivity contribution is 0.0295. The summed E-state index contributed by atoms with van der Waals surface area (Å²) in [4.78, 5) is 16.2. The maximum absolute atomic E-state index is 12.4. The fourth-order valence-corrected chi connectivity index (χ4v) is 6.95. The summed E-state index contributed by atoms with van der Waals surface area (Å²) < 4.78 is 5.53. The number of esters is 1. The van der Waals surface area contributed by atoms with E-state index in [-0.39, 0.29) is 35.4 Å². The molecule has 0 aliphatic heterocycles. The highest BCUT2D eigenvalue weighted by atomic mass is 35.5. The number of carbonyl (C=O) groups is 1. The molecular formula is C26H34Cl3NO3S. The molecule has 0 radical (unpaired) electrons. The lowest BCUT2D eigenvalue weighted by atomic mass is 9.85. The molecular weight excluding hydrogens is 513 g/mol. The first-order chi connectivity index (χ1) is 16.1. The topological polar surface area (TPSA) is 49.8 Å². The molecule has 0 bridgehead atoms. The molecule has 1 fully saturated rings. The predicted molar refractivity (Wildman–Crippen MR) is 143 cm³/mol. The zero-order valence-electron chi connectivity index (χ0n) is 20.0. The molecule has 0 spiro atoms. The van der Waals surface area contributed by atoms with Crippen LogP contribution in [0.25, 0.3) is 0 Å². The van der Waals surface area contributed by atoms with Crippen molar-refractivity contribution < 1.29 is 14.6 Å². The first-order valence-electron chi connectivity index (χ1n) is 11.8. The van der Waals surface area contributed by atoms with Gasteiger partial charge in [0.15, 0.2) is 0 Å². The summed E-state index contributed by atoms with van der Waals surface area (Å²) >= 11 is 20.4. The number of aliphatic hydroxyl groups is 1. The molecule has 4 nitrogen and oxygen atoms in total. The van der Waals surface area contributed by atoms with Gasteiger partial charge in [0.05, 0.1) is 6.10 Å². The van der Waals surface area contributed by atoms with Crippen molar-refractivity contribution in [3.63, 3.8) is 0 Å². The first kappa shape index (κ1) is 27.8. The second-order valence-corrected chi connectivity index (χ2v) is 12.2. The van der Waals surface area contributed by atoms with Crippen LogP contribution in [0.2, 0.25) is 10.0 Å². The van der Waals surface area contributed by atoms with Crippen LogP contribution in [0.15, 0.2) is 30.3 Å². The summed E-state index contributed by atoms with van der Waals surface area (Å²) in [7, 11) is 3.92. The van der Waals surface area contributed by atoms with Crippen molar-refractivity contribution in [2.75, 3.05) is 20.6 Å². The molecule has 1 aromatic heterocycles. The van der Waals surface area contributed by atoms with Crippen LogP contribution in [-0.4, -0.2) is 54.2 Å². The fraction of sp³-hybridized carbons (Fsp3) is 0.577. The van der Waals surface area contributed by atoms with Crippen LogP contribution < -0.4 is 0 Å². The Morgan fingerprint density at radius 2 is 1.85 bits per heavy atom. The lowest BCUT2D eigenvalue weighted by Gasteiger charge is -2.23. The van der Waals surface area contributed by atoms with Gasteiger partial charge in [-0.2, -0.15) is 0 Å². The zero-order valence-corrected chi connectivity index (χ0v) is 23.1. The van der Waals surface area contributed by atoms with E-state index in [1.165, 1.54) is 16.2 Å². The highest BCUT2D eigenvalue weighted by molar-refractivity contribution is 7.13. The van der Waals surface area contributed by atoms with Gasteiger partial charge >= 0.3 is 5.97 Å². The molecule has 3 rings (SSSR count). The van der Waals surface area contributed by atoms with Crippen LogP contribution in [-0.2, 0) is 17.6 Å².